The largest absolute Gasteiger partial charge is 0.493 e. The summed E-state index contributed by atoms with van der Waals surface area (Å²) in [4.78, 5) is 0. The predicted octanol–water partition coefficient (Wildman–Crippen LogP) is 4.01. The Labute approximate surface area is 112 Å². The van der Waals surface area contributed by atoms with E-state index in [4.69, 9.17) is 10.5 Å². The summed E-state index contributed by atoms with van der Waals surface area (Å²) < 4.78 is 5.89. The third-order valence-electron chi connectivity index (χ3n) is 3.16. The fraction of sp³-hybridized carbons (Fsp3) is 0.625. The molecular formula is C16H27NO. The Morgan fingerprint density at radius 2 is 1.89 bits per heavy atom. The molecule has 0 saturated carbocycles. The highest BCUT2D eigenvalue weighted by Gasteiger charge is 2.15. The van der Waals surface area contributed by atoms with Gasteiger partial charge in [0.2, 0.25) is 0 Å². The van der Waals surface area contributed by atoms with Gasteiger partial charge in [-0.25, -0.2) is 0 Å². The van der Waals surface area contributed by atoms with E-state index in [2.05, 4.69) is 45.9 Å². The van der Waals surface area contributed by atoms with Gasteiger partial charge in [-0.2, -0.15) is 0 Å². The first-order valence-corrected chi connectivity index (χ1v) is 6.95. The van der Waals surface area contributed by atoms with Crippen LogP contribution in [0.15, 0.2) is 18.2 Å². The molecule has 0 unspecified atom stereocenters. The Morgan fingerprint density at radius 3 is 2.44 bits per heavy atom. The Bertz CT molecular complexity index is 366. The van der Waals surface area contributed by atoms with Gasteiger partial charge < -0.3 is 10.5 Å². The molecule has 1 aromatic rings. The molecule has 0 aliphatic heterocycles. The molecular weight excluding hydrogens is 222 g/mol. The highest BCUT2D eigenvalue weighted by atomic mass is 16.5. The summed E-state index contributed by atoms with van der Waals surface area (Å²) >= 11 is 0. The molecule has 18 heavy (non-hydrogen) atoms. The molecule has 2 heteroatoms. The van der Waals surface area contributed by atoms with Crippen LogP contribution >= 0.6 is 0 Å². The van der Waals surface area contributed by atoms with Gasteiger partial charge in [-0.3, -0.25) is 0 Å². The van der Waals surface area contributed by atoms with Crippen molar-refractivity contribution in [3.05, 3.63) is 29.3 Å². The zero-order valence-electron chi connectivity index (χ0n) is 12.3. The van der Waals surface area contributed by atoms with Crippen LogP contribution in [0.3, 0.4) is 0 Å². The molecule has 0 fully saturated rings. The van der Waals surface area contributed by atoms with Gasteiger partial charge in [0.25, 0.3) is 0 Å². The maximum absolute atomic E-state index is 5.89. The first kappa shape index (κ1) is 15.0. The van der Waals surface area contributed by atoms with Gasteiger partial charge in [-0.05, 0) is 23.5 Å². The minimum atomic E-state index is 0.147. The quantitative estimate of drug-likeness (QED) is 0.773. The van der Waals surface area contributed by atoms with Crippen LogP contribution in [0.1, 0.15) is 58.1 Å². The van der Waals surface area contributed by atoms with Crippen LogP contribution in [0.5, 0.6) is 5.75 Å². The van der Waals surface area contributed by atoms with Gasteiger partial charge in [-0.15, -0.1) is 0 Å². The molecule has 1 aromatic carbocycles. The molecule has 2 nitrogen and oxygen atoms in total. The predicted molar refractivity (Wildman–Crippen MR) is 78.1 cm³/mol. The smallest absolute Gasteiger partial charge is 0.124 e. The summed E-state index contributed by atoms with van der Waals surface area (Å²) in [6, 6.07) is 6.39. The molecule has 0 spiro atoms. The summed E-state index contributed by atoms with van der Waals surface area (Å²) in [5.41, 5.74) is 8.30. The standard InChI is InChI=1S/C16H27NO/c1-5-6-7-10-18-15-11-14(16(2,3)4)9-8-13(15)12-17/h8-9,11H,5-7,10,12,17H2,1-4H3. The maximum Gasteiger partial charge on any atom is 0.124 e. The maximum atomic E-state index is 5.89. The third-order valence-corrected chi connectivity index (χ3v) is 3.16. The highest BCUT2D eigenvalue weighted by Crippen LogP contribution is 2.28. The van der Waals surface area contributed by atoms with Crippen molar-refractivity contribution in [1.29, 1.82) is 0 Å². The Morgan fingerprint density at radius 1 is 1.17 bits per heavy atom. The lowest BCUT2D eigenvalue weighted by molar-refractivity contribution is 0.302. The van der Waals surface area contributed by atoms with Crippen molar-refractivity contribution in [3.63, 3.8) is 0 Å². The lowest BCUT2D eigenvalue weighted by Gasteiger charge is -2.21. The molecule has 102 valence electrons. The van der Waals surface area contributed by atoms with Crippen molar-refractivity contribution in [2.24, 2.45) is 5.73 Å². The summed E-state index contributed by atoms with van der Waals surface area (Å²) in [5.74, 6) is 0.959. The summed E-state index contributed by atoms with van der Waals surface area (Å²) in [6.45, 7) is 10.2. The van der Waals surface area contributed by atoms with E-state index in [9.17, 15) is 0 Å². The van der Waals surface area contributed by atoms with E-state index in [1.807, 2.05) is 0 Å². The van der Waals surface area contributed by atoms with E-state index >= 15 is 0 Å². The number of hydrogen-bond donors (Lipinski definition) is 1. The van der Waals surface area contributed by atoms with E-state index in [1.165, 1.54) is 18.4 Å². The summed E-state index contributed by atoms with van der Waals surface area (Å²) in [6.07, 6.45) is 3.55. The van der Waals surface area contributed by atoms with Crippen molar-refractivity contribution in [2.75, 3.05) is 6.61 Å². The van der Waals surface area contributed by atoms with Crippen molar-refractivity contribution in [3.8, 4) is 5.75 Å². The molecule has 0 saturated heterocycles. The number of hydrogen-bond acceptors (Lipinski definition) is 2. The van der Waals surface area contributed by atoms with Crippen LogP contribution in [0.25, 0.3) is 0 Å². The SMILES string of the molecule is CCCCCOc1cc(C(C)(C)C)ccc1CN. The van der Waals surface area contributed by atoms with Crippen LogP contribution in [0.4, 0.5) is 0 Å². The fourth-order valence-electron chi connectivity index (χ4n) is 1.86. The van der Waals surface area contributed by atoms with Crippen LogP contribution < -0.4 is 10.5 Å². The molecule has 0 bridgehead atoms. The van der Waals surface area contributed by atoms with E-state index < -0.39 is 0 Å². The zero-order valence-corrected chi connectivity index (χ0v) is 12.3. The van der Waals surface area contributed by atoms with Crippen molar-refractivity contribution in [2.45, 2.75) is 58.9 Å². The average Bonchev–Trinajstić information content (AvgIpc) is 2.33. The highest BCUT2D eigenvalue weighted by molar-refractivity contribution is 5.40. The number of unbranched alkanes of at least 4 members (excludes halogenated alkanes) is 2. The molecule has 0 aliphatic rings. The van der Waals surface area contributed by atoms with Gasteiger partial charge in [0, 0.05) is 12.1 Å². The van der Waals surface area contributed by atoms with Crippen LogP contribution in [0, 0.1) is 0 Å². The van der Waals surface area contributed by atoms with Gasteiger partial charge in [0.15, 0.2) is 0 Å². The summed E-state index contributed by atoms with van der Waals surface area (Å²) in [7, 11) is 0. The Balaban J connectivity index is 2.79. The van der Waals surface area contributed by atoms with Crippen LogP contribution in [0.2, 0.25) is 0 Å². The fourth-order valence-corrected chi connectivity index (χ4v) is 1.86. The second-order valence-corrected chi connectivity index (χ2v) is 5.83. The van der Waals surface area contributed by atoms with Gasteiger partial charge in [-0.1, -0.05) is 52.7 Å². The molecule has 1 rings (SSSR count). The number of rotatable bonds is 6. The number of nitrogens with two attached hydrogens (primary N) is 1. The minimum Gasteiger partial charge on any atom is -0.493 e. The molecule has 2 N–H and O–H groups in total. The molecule has 0 radical (unpaired) electrons. The summed E-state index contributed by atoms with van der Waals surface area (Å²) in [5, 5.41) is 0. The van der Waals surface area contributed by atoms with Crippen LogP contribution in [-0.4, -0.2) is 6.61 Å². The zero-order chi connectivity index (χ0) is 13.6. The van der Waals surface area contributed by atoms with Crippen molar-refractivity contribution in [1.82, 2.24) is 0 Å². The first-order chi connectivity index (χ1) is 8.49. The molecule has 0 amide bonds. The molecule has 0 aromatic heterocycles. The third kappa shape index (κ3) is 4.34. The van der Waals surface area contributed by atoms with E-state index in [-0.39, 0.29) is 5.41 Å². The lowest BCUT2D eigenvalue weighted by atomic mass is 9.86. The van der Waals surface area contributed by atoms with Crippen molar-refractivity contribution < 1.29 is 4.74 Å². The molecule has 0 aliphatic carbocycles. The van der Waals surface area contributed by atoms with Crippen molar-refractivity contribution >= 4 is 0 Å². The molecule has 0 atom stereocenters. The average molecular weight is 249 g/mol. The van der Waals surface area contributed by atoms with Gasteiger partial charge in [0.05, 0.1) is 6.61 Å². The monoisotopic (exact) mass is 249 g/mol. The lowest BCUT2D eigenvalue weighted by Crippen LogP contribution is -2.12. The normalized spacial score (nSPS) is 11.6. The topological polar surface area (TPSA) is 35.2 Å². The van der Waals surface area contributed by atoms with E-state index in [1.54, 1.807) is 0 Å². The van der Waals surface area contributed by atoms with E-state index in [0.29, 0.717) is 6.54 Å². The Kier molecular flexibility index (Phi) is 5.67. The number of benzene rings is 1. The van der Waals surface area contributed by atoms with Gasteiger partial charge in [0.1, 0.15) is 5.75 Å². The second kappa shape index (κ2) is 6.79. The second-order valence-electron chi connectivity index (χ2n) is 5.83. The number of ether oxygens (including phenoxy) is 1. The molecule has 0 heterocycles. The van der Waals surface area contributed by atoms with Gasteiger partial charge >= 0.3 is 0 Å². The van der Waals surface area contributed by atoms with E-state index in [0.717, 1.165) is 24.3 Å². The Hall–Kier alpha value is -1.02. The van der Waals surface area contributed by atoms with Crippen LogP contribution in [-0.2, 0) is 12.0 Å². The first-order valence-electron chi connectivity index (χ1n) is 6.95. The minimum absolute atomic E-state index is 0.147.